The second-order valence-electron chi connectivity index (χ2n) is 16.9. The number of alkyl halides is 2. The molecule has 0 spiro atoms. The molecule has 2 aromatic carbocycles. The Morgan fingerprint density at radius 3 is 2.26 bits per heavy atom. The number of benzene rings is 2. The Labute approximate surface area is 340 Å². The molecule has 4 saturated heterocycles. The van der Waals surface area contributed by atoms with Gasteiger partial charge in [-0.15, -0.1) is 0 Å². The lowest BCUT2D eigenvalue weighted by atomic mass is 9.57. The fourth-order valence-corrected chi connectivity index (χ4v) is 11.8. The van der Waals surface area contributed by atoms with Gasteiger partial charge in [0.2, 0.25) is 15.9 Å². The highest BCUT2D eigenvalue weighted by molar-refractivity contribution is 7.89. The molecule has 12 nitrogen and oxygen atoms in total. The number of carbonyl (C=O) groups is 2. The Morgan fingerprint density at radius 2 is 1.64 bits per heavy atom. The number of methoxy groups -OCH3 is 2. The van der Waals surface area contributed by atoms with E-state index in [0.717, 1.165) is 97.8 Å². The number of likely N-dealkylation sites (tertiary alicyclic amines) is 2. The summed E-state index contributed by atoms with van der Waals surface area (Å²) >= 11 is 0. The molecule has 1 N–H and O–H groups in total. The van der Waals surface area contributed by atoms with Crippen LogP contribution in [0, 0.1) is 17.7 Å². The molecule has 4 aliphatic heterocycles. The van der Waals surface area contributed by atoms with Crippen molar-refractivity contribution in [3.05, 3.63) is 72.6 Å². The number of amides is 2. The number of nitrogens with zero attached hydrogens (tertiary/aromatic N) is 5. The summed E-state index contributed by atoms with van der Waals surface area (Å²) in [4.78, 5) is 32.5. The van der Waals surface area contributed by atoms with Gasteiger partial charge >= 0.3 is 6.09 Å². The molecule has 2 amide bonds. The minimum absolute atomic E-state index is 0.0683. The lowest BCUT2D eigenvalue weighted by Gasteiger charge is -2.55. The van der Waals surface area contributed by atoms with E-state index in [-0.39, 0.29) is 47.1 Å². The number of hydrogen-bond acceptors (Lipinski definition) is 9. The summed E-state index contributed by atoms with van der Waals surface area (Å²) in [7, 11) is -1.14. The number of ether oxygens (including phenoxy) is 2. The quantitative estimate of drug-likeness (QED) is 0.291. The van der Waals surface area contributed by atoms with E-state index in [1.165, 1.54) is 25.3 Å². The van der Waals surface area contributed by atoms with Crippen LogP contribution in [0.2, 0.25) is 0 Å². The number of sulfonamides is 1. The van der Waals surface area contributed by atoms with E-state index >= 15 is 4.39 Å². The lowest BCUT2D eigenvalue weighted by Crippen LogP contribution is -2.68. The van der Waals surface area contributed by atoms with Crippen LogP contribution in [0.4, 0.5) is 23.7 Å². The number of rotatable bonds is 13. The zero-order valence-corrected chi connectivity index (χ0v) is 34.4. The van der Waals surface area contributed by atoms with E-state index in [1.807, 2.05) is 6.07 Å². The van der Waals surface area contributed by atoms with Crippen LogP contribution < -0.4 is 10.2 Å². The van der Waals surface area contributed by atoms with Crippen molar-refractivity contribution >= 4 is 27.7 Å². The molecular weight excluding hydrogens is 774 g/mol. The topological polar surface area (TPSA) is 115 Å². The van der Waals surface area contributed by atoms with E-state index in [2.05, 4.69) is 32.7 Å². The van der Waals surface area contributed by atoms with Gasteiger partial charge in [0.25, 0.3) is 5.92 Å². The third kappa shape index (κ3) is 8.63. The summed E-state index contributed by atoms with van der Waals surface area (Å²) in [5.41, 5.74) is 1.01. The van der Waals surface area contributed by atoms with Crippen molar-refractivity contribution in [1.82, 2.24) is 24.3 Å². The van der Waals surface area contributed by atoms with Crippen LogP contribution in [0.1, 0.15) is 44.1 Å². The largest absolute Gasteiger partial charge is 0.453 e. The van der Waals surface area contributed by atoms with Gasteiger partial charge in [0.1, 0.15) is 11.4 Å². The van der Waals surface area contributed by atoms with Crippen molar-refractivity contribution in [2.24, 2.45) is 11.8 Å². The van der Waals surface area contributed by atoms with Gasteiger partial charge in [-0.2, -0.15) is 4.31 Å². The summed E-state index contributed by atoms with van der Waals surface area (Å²) < 4.78 is 83.5. The Kier molecular flexibility index (Phi) is 12.5. The fraction of sp³-hybridized carbons (Fsp3) is 0.619. The monoisotopic (exact) mass is 830 g/mol. The summed E-state index contributed by atoms with van der Waals surface area (Å²) in [5.74, 6) is -3.95. The van der Waals surface area contributed by atoms with Crippen molar-refractivity contribution in [3.63, 3.8) is 0 Å². The van der Waals surface area contributed by atoms with Crippen LogP contribution in [0.25, 0.3) is 0 Å². The number of halogens is 3. The number of carbonyl (C=O) groups excluding carboxylic acids is 2. The lowest BCUT2D eigenvalue weighted by molar-refractivity contribution is -0.130. The van der Waals surface area contributed by atoms with E-state index in [1.54, 1.807) is 25.3 Å². The minimum Gasteiger partial charge on any atom is -0.453 e. The predicted octanol–water partition coefficient (Wildman–Crippen LogP) is 4.57. The maximum atomic E-state index is 15.1. The molecule has 1 saturated carbocycles. The molecule has 0 bridgehead atoms. The van der Waals surface area contributed by atoms with Gasteiger partial charge in [0, 0.05) is 50.4 Å². The van der Waals surface area contributed by atoms with Gasteiger partial charge in [-0.3, -0.25) is 4.79 Å². The second kappa shape index (κ2) is 17.1. The van der Waals surface area contributed by atoms with Crippen LogP contribution >= 0.6 is 0 Å². The van der Waals surface area contributed by atoms with Gasteiger partial charge in [-0.25, -0.2) is 26.4 Å². The molecule has 2 aromatic rings. The normalized spacial score (nSPS) is 25.5. The van der Waals surface area contributed by atoms with Gasteiger partial charge in [0.15, 0.2) is 0 Å². The third-order valence-corrected chi connectivity index (χ3v) is 15.3. The van der Waals surface area contributed by atoms with E-state index in [9.17, 15) is 26.8 Å². The molecule has 0 radical (unpaired) electrons. The molecule has 318 valence electrons. The third-order valence-electron chi connectivity index (χ3n) is 13.5. The van der Waals surface area contributed by atoms with Crippen molar-refractivity contribution in [3.8, 4) is 0 Å². The first-order chi connectivity index (χ1) is 27.7. The fourth-order valence-electron chi connectivity index (χ4n) is 10.4. The summed E-state index contributed by atoms with van der Waals surface area (Å²) in [6, 6.07) is 13.3. The van der Waals surface area contributed by atoms with Gasteiger partial charge in [0.05, 0.1) is 38.2 Å². The summed E-state index contributed by atoms with van der Waals surface area (Å²) in [5, 5.41) is 3.16. The molecule has 4 heterocycles. The predicted molar refractivity (Wildman–Crippen MR) is 214 cm³/mol. The summed E-state index contributed by atoms with van der Waals surface area (Å²) in [6.45, 7) is 7.48. The van der Waals surface area contributed by atoms with Gasteiger partial charge in [-0.1, -0.05) is 25.1 Å². The van der Waals surface area contributed by atoms with Crippen LogP contribution in [0.3, 0.4) is 0 Å². The van der Waals surface area contributed by atoms with Crippen molar-refractivity contribution in [2.45, 2.75) is 66.4 Å². The standard InChI is InChI=1S/C42H57F3N6O6S/c1-4-38(52)49-22-23-51(29-41(44,45)28-49)58(54,55)35-14-12-34(13-15-35)50-26-40(27-50,57-3)25-48-20-16-31(17-21-48)42(30-47-18-7-19-47,32-8-5-9-33(43)24-32)36-10-6-11-37(36)46-39(53)56-2/h4-5,8-9,12-15,24,31,36-37H,1,6-7,10-11,16-23,25-30H2,2-3H3,(H,46,53)/t36-,37-,42-/m0/s1. The van der Waals surface area contributed by atoms with Gasteiger partial charge < -0.3 is 34.4 Å². The summed E-state index contributed by atoms with van der Waals surface area (Å²) in [6.07, 6.45) is 6.28. The smallest absolute Gasteiger partial charge is 0.407 e. The van der Waals surface area contributed by atoms with Crippen molar-refractivity contribution in [2.75, 3.05) is 97.7 Å². The Hall–Kier alpha value is -3.70. The second-order valence-corrected chi connectivity index (χ2v) is 18.8. The molecule has 0 unspecified atom stereocenters. The molecule has 5 fully saturated rings. The molecule has 16 heteroatoms. The molecule has 0 aromatic heterocycles. The van der Waals surface area contributed by atoms with Crippen LogP contribution in [-0.4, -0.2) is 150 Å². The average molecular weight is 831 g/mol. The molecule has 7 rings (SSSR count). The SMILES string of the molecule is C=CC(=O)N1CCN(S(=O)(=O)c2ccc(N3CC(CN4CCC([C@@](CN5CCC5)(c5cccc(F)c5)[C@H]5CCC[C@@H]5NC(=O)OC)CC4)(OC)C3)cc2)CC(F)(F)C1. The van der Waals surface area contributed by atoms with E-state index in [0.29, 0.717) is 19.6 Å². The average Bonchev–Trinajstić information content (AvgIpc) is 3.57. The van der Waals surface area contributed by atoms with Crippen LogP contribution in [-0.2, 0) is 29.7 Å². The van der Waals surface area contributed by atoms with Crippen molar-refractivity contribution < 1.29 is 40.7 Å². The van der Waals surface area contributed by atoms with Gasteiger partial charge in [-0.05, 0) is 118 Å². The first-order valence-corrected chi connectivity index (χ1v) is 21.9. The van der Waals surface area contributed by atoms with E-state index < -0.39 is 46.6 Å². The highest BCUT2D eigenvalue weighted by Crippen LogP contribution is 2.52. The number of alkyl carbamates (subject to hydrolysis) is 1. The maximum Gasteiger partial charge on any atom is 0.407 e. The molecular formula is C42H57F3N6O6S. The zero-order valence-electron chi connectivity index (χ0n) is 33.6. The van der Waals surface area contributed by atoms with Crippen LogP contribution in [0.5, 0.6) is 0 Å². The highest BCUT2D eigenvalue weighted by atomic mass is 32.2. The number of anilines is 1. The Balaban J connectivity index is 1.01. The number of piperidine rings is 1. The number of nitrogens with one attached hydrogen (secondary N) is 1. The maximum absolute atomic E-state index is 15.1. The van der Waals surface area contributed by atoms with E-state index in [4.69, 9.17) is 9.47 Å². The molecule has 58 heavy (non-hydrogen) atoms. The highest BCUT2D eigenvalue weighted by Gasteiger charge is 2.54. The van der Waals surface area contributed by atoms with Crippen LogP contribution in [0.15, 0.2) is 66.1 Å². The molecule has 1 aliphatic carbocycles. The Bertz CT molecular complexity index is 1900. The zero-order chi connectivity index (χ0) is 41.3. The first kappa shape index (κ1) is 42.4. The molecule has 3 atom stereocenters. The molecule has 5 aliphatic rings. The first-order valence-electron chi connectivity index (χ1n) is 20.5. The number of hydrogen-bond donors (Lipinski definition) is 1. The Morgan fingerprint density at radius 1 is 0.914 bits per heavy atom. The van der Waals surface area contributed by atoms with Crippen molar-refractivity contribution in [1.29, 1.82) is 0 Å². The minimum atomic E-state index is -4.25.